The molecule has 2 aromatic carbocycles. The third-order valence-electron chi connectivity index (χ3n) is 2.27. The van der Waals surface area contributed by atoms with Crippen LogP contribution in [0.2, 0.25) is 0 Å². The average molecular weight is 249 g/mol. The van der Waals surface area contributed by atoms with Crippen molar-refractivity contribution in [1.29, 1.82) is 0 Å². The lowest BCUT2D eigenvalue weighted by Crippen LogP contribution is -1.96. The fraction of sp³-hybridized carbons (Fsp3) is 0.0769. The SMILES string of the molecule is CS(=O)(=Nc1cccc(F)c1)c1ccccc1. The minimum atomic E-state index is -2.52. The van der Waals surface area contributed by atoms with Crippen LogP contribution in [0.4, 0.5) is 10.1 Å². The topological polar surface area (TPSA) is 29.4 Å². The fourth-order valence-electron chi connectivity index (χ4n) is 1.46. The average Bonchev–Trinajstić information content (AvgIpc) is 2.29. The lowest BCUT2D eigenvalue weighted by Gasteiger charge is -2.04. The Labute approximate surface area is 100 Å². The van der Waals surface area contributed by atoms with E-state index in [9.17, 15) is 8.60 Å². The highest BCUT2D eigenvalue weighted by Gasteiger charge is 2.05. The second-order valence-corrected chi connectivity index (χ2v) is 5.95. The molecule has 0 bridgehead atoms. The van der Waals surface area contributed by atoms with Crippen LogP contribution < -0.4 is 0 Å². The predicted molar refractivity (Wildman–Crippen MR) is 67.3 cm³/mol. The molecule has 0 aliphatic heterocycles. The zero-order valence-corrected chi connectivity index (χ0v) is 10.2. The molecule has 88 valence electrons. The monoisotopic (exact) mass is 249 g/mol. The Balaban J connectivity index is 2.49. The van der Waals surface area contributed by atoms with Crippen LogP contribution in [-0.4, -0.2) is 10.5 Å². The van der Waals surface area contributed by atoms with Gasteiger partial charge < -0.3 is 0 Å². The molecular weight excluding hydrogens is 237 g/mol. The van der Waals surface area contributed by atoms with Crippen molar-refractivity contribution in [1.82, 2.24) is 0 Å². The van der Waals surface area contributed by atoms with E-state index in [-0.39, 0.29) is 5.82 Å². The van der Waals surface area contributed by atoms with Gasteiger partial charge in [-0.2, -0.15) is 4.36 Å². The summed E-state index contributed by atoms with van der Waals surface area (Å²) in [4.78, 5) is 0.643. The van der Waals surface area contributed by atoms with Gasteiger partial charge in [0, 0.05) is 17.2 Å². The lowest BCUT2D eigenvalue weighted by atomic mass is 10.3. The molecule has 0 heterocycles. The van der Waals surface area contributed by atoms with Gasteiger partial charge in [0.15, 0.2) is 0 Å². The molecule has 0 radical (unpaired) electrons. The molecule has 0 spiro atoms. The molecule has 1 atom stereocenters. The first-order valence-electron chi connectivity index (χ1n) is 5.11. The number of hydrogen-bond acceptors (Lipinski definition) is 2. The molecule has 2 aromatic rings. The lowest BCUT2D eigenvalue weighted by molar-refractivity contribution is 0.628. The van der Waals surface area contributed by atoms with E-state index in [0.717, 1.165) is 0 Å². The van der Waals surface area contributed by atoms with Gasteiger partial charge >= 0.3 is 0 Å². The van der Waals surface area contributed by atoms with Gasteiger partial charge in [-0.3, -0.25) is 0 Å². The van der Waals surface area contributed by atoms with Crippen LogP contribution >= 0.6 is 0 Å². The van der Waals surface area contributed by atoms with Gasteiger partial charge in [0.05, 0.1) is 15.4 Å². The summed E-state index contributed by atoms with van der Waals surface area (Å²) < 4.78 is 29.5. The van der Waals surface area contributed by atoms with Gasteiger partial charge in [-0.25, -0.2) is 8.60 Å². The van der Waals surface area contributed by atoms with Crippen LogP contribution in [0.25, 0.3) is 0 Å². The molecule has 2 rings (SSSR count). The number of hydrogen-bond donors (Lipinski definition) is 0. The second-order valence-electron chi connectivity index (χ2n) is 3.69. The van der Waals surface area contributed by atoms with E-state index in [4.69, 9.17) is 0 Å². The first-order chi connectivity index (χ1) is 8.08. The Hall–Kier alpha value is -1.68. The van der Waals surface area contributed by atoms with Crippen molar-refractivity contribution in [3.8, 4) is 0 Å². The minimum Gasteiger partial charge on any atom is -0.245 e. The summed E-state index contributed by atoms with van der Waals surface area (Å²) in [7, 11) is -2.52. The maximum atomic E-state index is 13.0. The molecule has 2 nitrogen and oxygen atoms in total. The third kappa shape index (κ3) is 2.91. The van der Waals surface area contributed by atoms with E-state index in [0.29, 0.717) is 10.6 Å². The van der Waals surface area contributed by atoms with E-state index in [2.05, 4.69) is 4.36 Å². The zero-order chi connectivity index (χ0) is 12.3. The number of halogens is 1. The van der Waals surface area contributed by atoms with E-state index in [1.54, 1.807) is 42.7 Å². The number of benzene rings is 2. The second kappa shape index (κ2) is 4.67. The summed E-state index contributed by atoms with van der Waals surface area (Å²) in [5.74, 6) is -0.380. The van der Waals surface area contributed by atoms with Gasteiger partial charge in [0.1, 0.15) is 5.82 Å². The molecule has 1 unspecified atom stereocenters. The maximum absolute atomic E-state index is 13.0. The van der Waals surface area contributed by atoms with Crippen molar-refractivity contribution in [2.24, 2.45) is 4.36 Å². The van der Waals surface area contributed by atoms with Crippen molar-refractivity contribution in [2.75, 3.05) is 6.26 Å². The highest BCUT2D eigenvalue weighted by molar-refractivity contribution is 7.93. The van der Waals surface area contributed by atoms with Gasteiger partial charge in [-0.05, 0) is 24.3 Å². The number of nitrogens with zero attached hydrogens (tertiary/aromatic N) is 1. The summed E-state index contributed by atoms with van der Waals surface area (Å²) in [6.07, 6.45) is 1.55. The van der Waals surface area contributed by atoms with Crippen LogP contribution in [0.15, 0.2) is 63.9 Å². The first-order valence-corrected chi connectivity index (χ1v) is 7.03. The molecular formula is C13H12FNOS. The van der Waals surface area contributed by atoms with Gasteiger partial charge in [-0.1, -0.05) is 24.3 Å². The Bertz CT molecular complexity index is 631. The van der Waals surface area contributed by atoms with Crippen molar-refractivity contribution in [3.63, 3.8) is 0 Å². The van der Waals surface area contributed by atoms with Crippen LogP contribution in [-0.2, 0) is 9.73 Å². The quantitative estimate of drug-likeness (QED) is 0.799. The van der Waals surface area contributed by atoms with E-state index < -0.39 is 9.73 Å². The van der Waals surface area contributed by atoms with Crippen molar-refractivity contribution in [3.05, 3.63) is 60.4 Å². The number of rotatable bonds is 2. The largest absolute Gasteiger partial charge is 0.245 e. The van der Waals surface area contributed by atoms with Crippen LogP contribution in [0.3, 0.4) is 0 Å². The molecule has 0 aliphatic carbocycles. The smallest absolute Gasteiger partial charge is 0.125 e. The summed E-state index contributed by atoms with van der Waals surface area (Å²) in [6, 6.07) is 14.8. The molecule has 0 fully saturated rings. The van der Waals surface area contributed by atoms with E-state index >= 15 is 0 Å². The molecule has 0 N–H and O–H groups in total. The van der Waals surface area contributed by atoms with E-state index in [1.807, 2.05) is 6.07 Å². The molecule has 0 amide bonds. The molecule has 0 aliphatic rings. The van der Waals surface area contributed by atoms with Crippen LogP contribution in [0.1, 0.15) is 0 Å². The zero-order valence-electron chi connectivity index (χ0n) is 9.34. The third-order valence-corrected chi connectivity index (χ3v) is 3.97. The highest BCUT2D eigenvalue weighted by Crippen LogP contribution is 2.19. The highest BCUT2D eigenvalue weighted by atomic mass is 32.2. The normalized spacial score (nSPS) is 14.0. The molecule has 17 heavy (non-hydrogen) atoms. The van der Waals surface area contributed by atoms with Crippen molar-refractivity contribution in [2.45, 2.75) is 4.90 Å². The molecule has 0 saturated heterocycles. The Kier molecular flexibility index (Phi) is 3.24. The predicted octanol–water partition coefficient (Wildman–Crippen LogP) is 3.61. The first kappa shape index (κ1) is 11.8. The van der Waals surface area contributed by atoms with Crippen molar-refractivity contribution >= 4 is 15.4 Å². The molecule has 0 aromatic heterocycles. The van der Waals surface area contributed by atoms with Crippen LogP contribution in [0, 0.1) is 5.82 Å². The summed E-state index contributed by atoms with van der Waals surface area (Å²) >= 11 is 0. The Morgan fingerprint density at radius 1 is 1.06 bits per heavy atom. The fourth-order valence-corrected chi connectivity index (χ4v) is 2.74. The van der Waals surface area contributed by atoms with Crippen molar-refractivity contribution < 1.29 is 8.60 Å². The molecule has 4 heteroatoms. The summed E-state index contributed by atoms with van der Waals surface area (Å²) in [5.41, 5.74) is 0.390. The van der Waals surface area contributed by atoms with Gasteiger partial charge in [0.25, 0.3) is 0 Å². The Morgan fingerprint density at radius 3 is 2.41 bits per heavy atom. The Morgan fingerprint density at radius 2 is 1.76 bits per heavy atom. The minimum absolute atomic E-state index is 0.380. The summed E-state index contributed by atoms with van der Waals surface area (Å²) in [6.45, 7) is 0. The standard InChI is InChI=1S/C13H12FNOS/c1-17(16,13-8-3-2-4-9-13)15-12-7-5-6-11(14)10-12/h2-10H,1H3. The maximum Gasteiger partial charge on any atom is 0.125 e. The molecule has 0 saturated carbocycles. The summed E-state index contributed by atoms with van der Waals surface area (Å²) in [5, 5.41) is 0. The van der Waals surface area contributed by atoms with E-state index in [1.165, 1.54) is 12.1 Å². The van der Waals surface area contributed by atoms with Gasteiger partial charge in [-0.15, -0.1) is 0 Å². The van der Waals surface area contributed by atoms with Gasteiger partial charge in [0.2, 0.25) is 0 Å². The van der Waals surface area contributed by atoms with Crippen LogP contribution in [0.5, 0.6) is 0 Å².